The van der Waals surface area contributed by atoms with Gasteiger partial charge in [-0.1, -0.05) is 24.3 Å². The zero-order valence-corrected chi connectivity index (χ0v) is 12.3. The Labute approximate surface area is 119 Å². The van der Waals surface area contributed by atoms with Gasteiger partial charge in [0.25, 0.3) is 0 Å². The summed E-state index contributed by atoms with van der Waals surface area (Å²) in [6.45, 7) is 1.69. The van der Waals surface area contributed by atoms with Gasteiger partial charge in [0.1, 0.15) is 5.75 Å². The molecule has 0 unspecified atom stereocenters. The van der Waals surface area contributed by atoms with Gasteiger partial charge in [0.2, 0.25) is 0 Å². The fourth-order valence-corrected chi connectivity index (χ4v) is 2.75. The summed E-state index contributed by atoms with van der Waals surface area (Å²) in [6.07, 6.45) is 0. The molecule has 0 fully saturated rings. The summed E-state index contributed by atoms with van der Waals surface area (Å²) in [5.41, 5.74) is 0.816. The summed E-state index contributed by atoms with van der Waals surface area (Å²) >= 11 is 2.24. The van der Waals surface area contributed by atoms with E-state index in [1.165, 1.54) is 0 Å². The monoisotopic (exact) mass is 356 g/mol. The van der Waals surface area contributed by atoms with Crippen molar-refractivity contribution in [2.45, 2.75) is 12.8 Å². The molecular weight excluding hydrogens is 343 g/mol. The van der Waals surface area contributed by atoms with Crippen molar-refractivity contribution in [1.29, 1.82) is 0 Å². The van der Waals surface area contributed by atoms with E-state index in [0.717, 1.165) is 25.7 Å². The van der Waals surface area contributed by atoms with Crippen LogP contribution in [0.15, 0.2) is 30.3 Å². The lowest BCUT2D eigenvalue weighted by atomic mass is 9.98. The van der Waals surface area contributed by atoms with Crippen LogP contribution in [-0.2, 0) is 4.79 Å². The van der Waals surface area contributed by atoms with Crippen LogP contribution >= 0.6 is 22.6 Å². The van der Waals surface area contributed by atoms with E-state index in [1.807, 2.05) is 30.3 Å². The summed E-state index contributed by atoms with van der Waals surface area (Å²) < 4.78 is 6.31. The van der Waals surface area contributed by atoms with Crippen LogP contribution < -0.4 is 4.74 Å². The molecule has 1 atom stereocenters. The molecule has 2 aromatic carbocycles. The summed E-state index contributed by atoms with van der Waals surface area (Å²) in [5.74, 6) is -0.464. The first-order valence-corrected chi connectivity index (χ1v) is 6.61. The Balaban J connectivity index is 2.57. The van der Waals surface area contributed by atoms with Crippen LogP contribution in [0.25, 0.3) is 10.8 Å². The van der Waals surface area contributed by atoms with Gasteiger partial charge in [0.15, 0.2) is 0 Å². The lowest BCUT2D eigenvalue weighted by molar-refractivity contribution is -0.138. The number of hydrogen-bond acceptors (Lipinski definition) is 2. The number of benzene rings is 2. The molecule has 0 amide bonds. The predicted molar refractivity (Wildman–Crippen MR) is 79.3 cm³/mol. The van der Waals surface area contributed by atoms with Gasteiger partial charge in [-0.15, -0.1) is 0 Å². The molecule has 4 heteroatoms. The largest absolute Gasteiger partial charge is 0.496 e. The molecule has 0 saturated carbocycles. The van der Waals surface area contributed by atoms with E-state index in [4.69, 9.17) is 9.84 Å². The molecule has 0 saturated heterocycles. The van der Waals surface area contributed by atoms with Crippen molar-refractivity contribution < 1.29 is 14.6 Å². The summed E-state index contributed by atoms with van der Waals surface area (Å²) in [5, 5.41) is 11.1. The average Bonchev–Trinajstić information content (AvgIpc) is 2.37. The van der Waals surface area contributed by atoms with Crippen molar-refractivity contribution in [3.8, 4) is 5.75 Å². The van der Waals surface area contributed by atoms with Crippen LogP contribution in [0, 0.1) is 3.57 Å². The number of fused-ring (bicyclic) bond motifs is 1. The van der Waals surface area contributed by atoms with Gasteiger partial charge in [-0.3, -0.25) is 4.79 Å². The SMILES string of the molecule is COc1ccc2cc([C@@H](C)C(=O)O)ccc2c1I. The van der Waals surface area contributed by atoms with Gasteiger partial charge >= 0.3 is 5.97 Å². The number of aliphatic carboxylic acids is 1. The first kappa shape index (κ1) is 13.1. The summed E-state index contributed by atoms with van der Waals surface area (Å²) in [6, 6.07) is 9.60. The lowest BCUT2D eigenvalue weighted by Gasteiger charge is -2.10. The number of carbonyl (C=O) groups is 1. The van der Waals surface area contributed by atoms with Crippen molar-refractivity contribution in [2.75, 3.05) is 7.11 Å². The van der Waals surface area contributed by atoms with Crippen molar-refractivity contribution >= 4 is 39.3 Å². The van der Waals surface area contributed by atoms with Crippen molar-refractivity contribution in [2.24, 2.45) is 0 Å². The molecule has 2 aromatic rings. The maximum absolute atomic E-state index is 11.0. The molecule has 0 bridgehead atoms. The van der Waals surface area contributed by atoms with E-state index >= 15 is 0 Å². The van der Waals surface area contributed by atoms with E-state index in [-0.39, 0.29) is 0 Å². The number of rotatable bonds is 3. The number of carboxylic acid groups (broad SMARTS) is 1. The Morgan fingerprint density at radius 2 is 2.06 bits per heavy atom. The minimum atomic E-state index is -0.808. The van der Waals surface area contributed by atoms with E-state index in [9.17, 15) is 4.79 Å². The topological polar surface area (TPSA) is 46.5 Å². The van der Waals surface area contributed by atoms with Crippen LogP contribution in [-0.4, -0.2) is 18.2 Å². The molecule has 0 heterocycles. The van der Waals surface area contributed by atoms with E-state index in [2.05, 4.69) is 22.6 Å². The summed E-state index contributed by atoms with van der Waals surface area (Å²) in [7, 11) is 1.64. The third-order valence-electron chi connectivity index (χ3n) is 3.03. The van der Waals surface area contributed by atoms with Crippen LogP contribution in [0.5, 0.6) is 5.75 Å². The number of ether oxygens (including phenoxy) is 1. The lowest BCUT2D eigenvalue weighted by Crippen LogP contribution is -2.07. The third kappa shape index (κ3) is 2.29. The number of halogens is 1. The highest BCUT2D eigenvalue weighted by atomic mass is 127. The van der Waals surface area contributed by atoms with E-state index in [0.29, 0.717) is 0 Å². The Kier molecular flexibility index (Phi) is 3.75. The van der Waals surface area contributed by atoms with Gasteiger partial charge in [0.05, 0.1) is 16.6 Å². The van der Waals surface area contributed by atoms with Crippen LogP contribution in [0.4, 0.5) is 0 Å². The van der Waals surface area contributed by atoms with Crippen LogP contribution in [0.2, 0.25) is 0 Å². The molecule has 1 N–H and O–H groups in total. The minimum Gasteiger partial charge on any atom is -0.496 e. The average molecular weight is 356 g/mol. The third-order valence-corrected chi connectivity index (χ3v) is 4.15. The zero-order valence-electron chi connectivity index (χ0n) is 10.1. The highest BCUT2D eigenvalue weighted by molar-refractivity contribution is 14.1. The first-order chi connectivity index (χ1) is 8.54. The Morgan fingerprint density at radius 1 is 1.33 bits per heavy atom. The van der Waals surface area contributed by atoms with E-state index in [1.54, 1.807) is 14.0 Å². The first-order valence-electron chi connectivity index (χ1n) is 5.53. The van der Waals surface area contributed by atoms with Gasteiger partial charge in [0, 0.05) is 0 Å². The van der Waals surface area contributed by atoms with Crippen molar-refractivity contribution in [3.63, 3.8) is 0 Å². The molecular formula is C14H13IO3. The van der Waals surface area contributed by atoms with Crippen LogP contribution in [0.1, 0.15) is 18.4 Å². The quantitative estimate of drug-likeness (QED) is 0.855. The second-order valence-corrected chi connectivity index (χ2v) is 5.20. The van der Waals surface area contributed by atoms with Gasteiger partial charge in [-0.05, 0) is 51.9 Å². The van der Waals surface area contributed by atoms with Gasteiger partial charge < -0.3 is 9.84 Å². The Morgan fingerprint density at radius 3 is 2.67 bits per heavy atom. The fraction of sp³-hybridized carbons (Fsp3) is 0.214. The molecule has 2 rings (SSSR count). The fourth-order valence-electron chi connectivity index (χ4n) is 1.86. The molecule has 0 aliphatic rings. The van der Waals surface area contributed by atoms with Crippen molar-refractivity contribution in [3.05, 3.63) is 39.5 Å². The number of methoxy groups -OCH3 is 1. The van der Waals surface area contributed by atoms with Crippen LogP contribution in [0.3, 0.4) is 0 Å². The molecule has 0 aliphatic carbocycles. The Bertz CT molecular complexity index is 607. The standard InChI is InChI=1S/C14H13IO3/c1-8(14(16)17)9-3-5-11-10(7-9)4-6-12(18-2)13(11)15/h3-8H,1-2H3,(H,16,17)/t8-/m1/s1. The second kappa shape index (κ2) is 5.14. The highest BCUT2D eigenvalue weighted by Crippen LogP contribution is 2.31. The zero-order chi connectivity index (χ0) is 13.3. The number of carboxylic acids is 1. The van der Waals surface area contributed by atoms with E-state index < -0.39 is 11.9 Å². The predicted octanol–water partition coefficient (Wildman–Crippen LogP) is 3.64. The molecule has 3 nitrogen and oxygen atoms in total. The highest BCUT2D eigenvalue weighted by Gasteiger charge is 2.14. The molecule has 0 radical (unpaired) electrons. The molecule has 18 heavy (non-hydrogen) atoms. The Hall–Kier alpha value is -1.30. The minimum absolute atomic E-state index is 0.492. The molecule has 0 spiro atoms. The summed E-state index contributed by atoms with van der Waals surface area (Å²) in [4.78, 5) is 11.0. The molecule has 0 aromatic heterocycles. The maximum Gasteiger partial charge on any atom is 0.310 e. The second-order valence-electron chi connectivity index (χ2n) is 4.12. The number of hydrogen-bond donors (Lipinski definition) is 1. The molecule has 0 aliphatic heterocycles. The van der Waals surface area contributed by atoms with Gasteiger partial charge in [-0.2, -0.15) is 0 Å². The maximum atomic E-state index is 11.0. The van der Waals surface area contributed by atoms with Crippen molar-refractivity contribution in [1.82, 2.24) is 0 Å². The smallest absolute Gasteiger partial charge is 0.310 e. The van der Waals surface area contributed by atoms with Gasteiger partial charge in [-0.25, -0.2) is 0 Å². The normalized spacial score (nSPS) is 12.4. The molecule has 94 valence electrons.